The Balaban J connectivity index is 1.80. The van der Waals surface area contributed by atoms with Crippen LogP contribution in [0, 0.1) is 0 Å². The van der Waals surface area contributed by atoms with Crippen LogP contribution in [0.5, 0.6) is 0 Å². The van der Waals surface area contributed by atoms with Gasteiger partial charge in [0, 0.05) is 33.4 Å². The molecule has 0 N–H and O–H groups in total. The average Bonchev–Trinajstić information content (AvgIpc) is 2.96. The van der Waals surface area contributed by atoms with E-state index in [9.17, 15) is 8.42 Å². The summed E-state index contributed by atoms with van der Waals surface area (Å²) in [6, 6.07) is 2.01. The van der Waals surface area contributed by atoms with E-state index in [4.69, 9.17) is 0 Å². The zero-order chi connectivity index (χ0) is 15.7. The average molecular weight is 327 g/mol. The number of hydrogen-bond donors (Lipinski definition) is 0. The summed E-state index contributed by atoms with van der Waals surface area (Å²) in [5.74, 6) is 0. The van der Waals surface area contributed by atoms with Gasteiger partial charge in [-0.1, -0.05) is 6.42 Å². The molecule has 124 valence electrons. The first-order valence-corrected chi connectivity index (χ1v) is 9.30. The van der Waals surface area contributed by atoms with Crippen molar-refractivity contribution < 1.29 is 8.42 Å². The summed E-state index contributed by atoms with van der Waals surface area (Å²) in [5, 5.41) is 4.42. The van der Waals surface area contributed by atoms with Crippen LogP contribution in [0.25, 0.3) is 0 Å². The molecule has 2 aliphatic heterocycles. The van der Waals surface area contributed by atoms with E-state index in [-0.39, 0.29) is 6.04 Å². The highest BCUT2D eigenvalue weighted by Crippen LogP contribution is 2.25. The van der Waals surface area contributed by atoms with Gasteiger partial charge in [0.05, 0.1) is 18.3 Å². The zero-order valence-corrected chi connectivity index (χ0v) is 14.2. The van der Waals surface area contributed by atoms with Crippen LogP contribution < -0.4 is 0 Å². The lowest BCUT2D eigenvalue weighted by Crippen LogP contribution is -2.49. The third kappa shape index (κ3) is 3.05. The monoisotopic (exact) mass is 327 g/mol. The predicted molar refractivity (Wildman–Crippen MR) is 84.6 cm³/mol. The second-order valence-electron chi connectivity index (χ2n) is 6.36. The van der Waals surface area contributed by atoms with Gasteiger partial charge >= 0.3 is 0 Å². The Morgan fingerprint density at radius 3 is 2.68 bits per heavy atom. The van der Waals surface area contributed by atoms with E-state index in [0.717, 1.165) is 25.3 Å². The summed E-state index contributed by atoms with van der Waals surface area (Å²) in [6.45, 7) is 3.97. The van der Waals surface area contributed by atoms with Crippen molar-refractivity contribution in [2.45, 2.75) is 31.8 Å². The molecule has 1 atom stereocenters. The minimum Gasteiger partial charge on any atom is -0.301 e. The molecule has 22 heavy (non-hydrogen) atoms. The van der Waals surface area contributed by atoms with Gasteiger partial charge in [0.15, 0.2) is 0 Å². The fourth-order valence-electron chi connectivity index (χ4n) is 3.34. The van der Waals surface area contributed by atoms with Crippen molar-refractivity contribution in [2.75, 3.05) is 40.3 Å². The van der Waals surface area contributed by atoms with Crippen LogP contribution in [-0.4, -0.2) is 72.0 Å². The molecule has 1 saturated heterocycles. The summed E-state index contributed by atoms with van der Waals surface area (Å²) in [7, 11) is -0.219. The molecule has 1 fully saturated rings. The number of fused-ring (bicyclic) bond motifs is 1. The maximum Gasteiger partial charge on any atom is 0.281 e. The first-order chi connectivity index (χ1) is 10.5. The van der Waals surface area contributed by atoms with E-state index >= 15 is 0 Å². The van der Waals surface area contributed by atoms with Gasteiger partial charge in [-0.05, 0) is 32.0 Å². The molecule has 3 rings (SSSR count). The summed E-state index contributed by atoms with van der Waals surface area (Å²) < 4.78 is 29.8. The number of likely N-dealkylation sites (tertiary alicyclic amines) is 1. The molecule has 0 bridgehead atoms. The third-order valence-corrected chi connectivity index (χ3v) is 6.41. The van der Waals surface area contributed by atoms with Crippen molar-refractivity contribution in [2.24, 2.45) is 0 Å². The van der Waals surface area contributed by atoms with Gasteiger partial charge in [0.25, 0.3) is 10.2 Å². The van der Waals surface area contributed by atoms with Crippen molar-refractivity contribution in [1.29, 1.82) is 0 Å². The quantitative estimate of drug-likeness (QED) is 0.809. The number of rotatable bonds is 4. The first-order valence-electron chi connectivity index (χ1n) is 7.91. The molecule has 0 saturated carbocycles. The number of piperidine rings is 1. The summed E-state index contributed by atoms with van der Waals surface area (Å²) >= 11 is 0. The smallest absolute Gasteiger partial charge is 0.281 e. The SMILES string of the molecule is CN(C)S(=O)(=O)N1Cc2ccnn2[C@H](CN2CCCCC2)C1. The fraction of sp³-hybridized carbons (Fsp3) is 0.786. The molecule has 3 heterocycles. The van der Waals surface area contributed by atoms with Gasteiger partial charge in [0.1, 0.15) is 0 Å². The zero-order valence-electron chi connectivity index (χ0n) is 13.3. The van der Waals surface area contributed by atoms with Crippen LogP contribution >= 0.6 is 0 Å². The van der Waals surface area contributed by atoms with Gasteiger partial charge < -0.3 is 4.90 Å². The molecule has 2 aliphatic rings. The maximum absolute atomic E-state index is 12.5. The second kappa shape index (κ2) is 6.27. The lowest BCUT2D eigenvalue weighted by molar-refractivity contribution is 0.158. The van der Waals surface area contributed by atoms with Gasteiger partial charge in [-0.3, -0.25) is 4.68 Å². The molecule has 8 heteroatoms. The van der Waals surface area contributed by atoms with Gasteiger partial charge in [-0.15, -0.1) is 0 Å². The summed E-state index contributed by atoms with van der Waals surface area (Å²) in [6.07, 6.45) is 5.54. The number of aromatic nitrogens is 2. The molecule has 0 aliphatic carbocycles. The molecule has 1 aromatic heterocycles. The van der Waals surface area contributed by atoms with E-state index in [0.29, 0.717) is 13.1 Å². The van der Waals surface area contributed by atoms with E-state index < -0.39 is 10.2 Å². The second-order valence-corrected chi connectivity index (χ2v) is 8.51. The Kier molecular flexibility index (Phi) is 4.54. The Morgan fingerprint density at radius 2 is 2.00 bits per heavy atom. The molecule has 0 amide bonds. The minimum absolute atomic E-state index is 0.0894. The maximum atomic E-state index is 12.5. The van der Waals surface area contributed by atoms with Crippen LogP contribution in [0.2, 0.25) is 0 Å². The molecule has 7 nitrogen and oxygen atoms in total. The van der Waals surface area contributed by atoms with Crippen molar-refractivity contribution in [3.05, 3.63) is 18.0 Å². The molecule has 0 unspecified atom stereocenters. The minimum atomic E-state index is -3.39. The van der Waals surface area contributed by atoms with Crippen molar-refractivity contribution in [3.63, 3.8) is 0 Å². The number of hydrogen-bond acceptors (Lipinski definition) is 4. The van der Waals surface area contributed by atoms with Gasteiger partial charge in [-0.2, -0.15) is 22.1 Å². The Bertz CT molecular complexity index is 607. The molecule has 0 radical (unpaired) electrons. The molecule has 0 aromatic carbocycles. The van der Waals surface area contributed by atoms with Crippen LogP contribution in [0.3, 0.4) is 0 Å². The largest absolute Gasteiger partial charge is 0.301 e. The Labute approximate surface area is 132 Å². The standard InChI is InChI=1S/C14H25N5O2S/c1-16(2)22(20,21)18-11-13-6-7-15-19(13)14(12-18)10-17-8-4-3-5-9-17/h6-7,14H,3-5,8-12H2,1-2H3/t14-/m1/s1. The normalized spacial score (nSPS) is 24.6. The first kappa shape index (κ1) is 15.9. The molecule has 1 aromatic rings. The van der Waals surface area contributed by atoms with Crippen molar-refractivity contribution in [3.8, 4) is 0 Å². The summed E-state index contributed by atoms with van der Waals surface area (Å²) in [5.41, 5.74) is 0.971. The number of nitrogens with zero attached hydrogens (tertiary/aromatic N) is 5. The van der Waals surface area contributed by atoms with Crippen LogP contribution in [0.15, 0.2) is 12.3 Å². The van der Waals surface area contributed by atoms with E-state index in [2.05, 4.69) is 10.00 Å². The van der Waals surface area contributed by atoms with E-state index in [1.54, 1.807) is 24.6 Å². The lowest BCUT2D eigenvalue weighted by Gasteiger charge is -2.37. The Hall–Kier alpha value is -0.960. The topological polar surface area (TPSA) is 61.7 Å². The highest BCUT2D eigenvalue weighted by atomic mass is 32.2. The lowest BCUT2D eigenvalue weighted by atomic mass is 10.1. The van der Waals surface area contributed by atoms with Gasteiger partial charge in [0.2, 0.25) is 0 Å². The van der Waals surface area contributed by atoms with Gasteiger partial charge in [-0.25, -0.2) is 0 Å². The highest BCUT2D eigenvalue weighted by Gasteiger charge is 2.34. The fourth-order valence-corrected chi connectivity index (χ4v) is 4.45. The highest BCUT2D eigenvalue weighted by molar-refractivity contribution is 7.86. The summed E-state index contributed by atoms with van der Waals surface area (Å²) in [4.78, 5) is 2.44. The van der Waals surface area contributed by atoms with E-state index in [1.807, 2.05) is 10.7 Å². The van der Waals surface area contributed by atoms with Crippen LogP contribution in [-0.2, 0) is 16.8 Å². The molecular weight excluding hydrogens is 302 g/mol. The van der Waals surface area contributed by atoms with E-state index in [1.165, 1.54) is 23.6 Å². The van der Waals surface area contributed by atoms with Crippen molar-refractivity contribution >= 4 is 10.2 Å². The Morgan fingerprint density at radius 1 is 1.27 bits per heavy atom. The third-order valence-electron chi connectivity index (χ3n) is 4.56. The van der Waals surface area contributed by atoms with Crippen LogP contribution in [0.1, 0.15) is 31.0 Å². The molecular formula is C14H25N5O2S. The molecule has 0 spiro atoms. The van der Waals surface area contributed by atoms with Crippen LogP contribution in [0.4, 0.5) is 0 Å². The predicted octanol–water partition coefficient (Wildman–Crippen LogP) is 0.532. The van der Waals surface area contributed by atoms with Crippen molar-refractivity contribution in [1.82, 2.24) is 23.3 Å².